The highest BCUT2D eigenvalue weighted by Gasteiger charge is 2.20. The maximum absolute atomic E-state index is 5.71. The van der Waals surface area contributed by atoms with Crippen LogP contribution in [-0.2, 0) is 11.3 Å². The van der Waals surface area contributed by atoms with Gasteiger partial charge in [-0.3, -0.25) is 0 Å². The van der Waals surface area contributed by atoms with E-state index in [0.29, 0.717) is 6.10 Å². The Balaban J connectivity index is 2.00. The molecule has 1 N–H and O–H groups in total. The molecule has 4 heteroatoms. The van der Waals surface area contributed by atoms with Crippen LogP contribution in [-0.4, -0.2) is 37.3 Å². The average molecular weight is 277 g/mol. The van der Waals surface area contributed by atoms with E-state index in [4.69, 9.17) is 9.72 Å². The standard InChI is InChI=1S/C16H27N3O/c1-4-17-12-14-10-13(3)18-16(11-14)19-8-6-15(7-9-19)20-5-2/h10-11,15,17H,4-9,12H2,1-3H3. The number of rotatable bonds is 6. The number of piperidine rings is 1. The number of nitrogens with zero attached hydrogens (tertiary/aromatic N) is 2. The van der Waals surface area contributed by atoms with Gasteiger partial charge in [-0.2, -0.15) is 0 Å². The molecular formula is C16H27N3O. The number of pyridine rings is 1. The molecule has 0 radical (unpaired) electrons. The summed E-state index contributed by atoms with van der Waals surface area (Å²) in [6.45, 7) is 11.1. The Labute approximate surface area is 122 Å². The van der Waals surface area contributed by atoms with Gasteiger partial charge in [0.25, 0.3) is 0 Å². The number of hydrogen-bond donors (Lipinski definition) is 1. The van der Waals surface area contributed by atoms with Crippen LogP contribution in [0.1, 0.15) is 37.9 Å². The monoisotopic (exact) mass is 277 g/mol. The molecule has 0 aromatic carbocycles. The van der Waals surface area contributed by atoms with E-state index in [2.05, 4.69) is 43.1 Å². The van der Waals surface area contributed by atoms with Gasteiger partial charge in [0.2, 0.25) is 0 Å². The lowest BCUT2D eigenvalue weighted by molar-refractivity contribution is 0.0458. The molecule has 4 nitrogen and oxygen atoms in total. The number of anilines is 1. The first kappa shape index (κ1) is 15.3. The van der Waals surface area contributed by atoms with E-state index in [0.717, 1.165) is 57.1 Å². The fourth-order valence-electron chi connectivity index (χ4n) is 2.74. The second-order valence-corrected chi connectivity index (χ2v) is 5.40. The number of ether oxygens (including phenoxy) is 1. The second-order valence-electron chi connectivity index (χ2n) is 5.40. The Morgan fingerprint density at radius 1 is 1.30 bits per heavy atom. The Bertz CT molecular complexity index is 414. The fourth-order valence-corrected chi connectivity index (χ4v) is 2.74. The van der Waals surface area contributed by atoms with E-state index >= 15 is 0 Å². The van der Waals surface area contributed by atoms with Crippen molar-refractivity contribution in [3.8, 4) is 0 Å². The topological polar surface area (TPSA) is 37.4 Å². The third kappa shape index (κ3) is 4.18. The number of hydrogen-bond acceptors (Lipinski definition) is 4. The summed E-state index contributed by atoms with van der Waals surface area (Å²) in [5.41, 5.74) is 2.42. The van der Waals surface area contributed by atoms with Crippen molar-refractivity contribution in [2.24, 2.45) is 0 Å². The third-order valence-electron chi connectivity index (χ3n) is 3.75. The molecule has 0 bridgehead atoms. The molecule has 0 spiro atoms. The molecule has 1 fully saturated rings. The van der Waals surface area contributed by atoms with Crippen molar-refractivity contribution in [1.82, 2.24) is 10.3 Å². The summed E-state index contributed by atoms with van der Waals surface area (Å²) in [6, 6.07) is 4.38. The third-order valence-corrected chi connectivity index (χ3v) is 3.75. The van der Waals surface area contributed by atoms with Gasteiger partial charge in [-0.25, -0.2) is 4.98 Å². The molecule has 1 aromatic heterocycles. The summed E-state index contributed by atoms with van der Waals surface area (Å²) in [6.07, 6.45) is 2.64. The van der Waals surface area contributed by atoms with Crippen molar-refractivity contribution >= 4 is 5.82 Å². The Morgan fingerprint density at radius 2 is 2.05 bits per heavy atom. The first-order valence-corrected chi connectivity index (χ1v) is 7.77. The summed E-state index contributed by atoms with van der Waals surface area (Å²) < 4.78 is 5.71. The van der Waals surface area contributed by atoms with Crippen LogP contribution in [0.2, 0.25) is 0 Å². The van der Waals surface area contributed by atoms with Gasteiger partial charge in [-0.05, 0) is 50.9 Å². The minimum atomic E-state index is 0.433. The van der Waals surface area contributed by atoms with Crippen LogP contribution in [0.25, 0.3) is 0 Å². The maximum Gasteiger partial charge on any atom is 0.129 e. The Morgan fingerprint density at radius 3 is 2.70 bits per heavy atom. The first-order valence-electron chi connectivity index (χ1n) is 7.77. The highest BCUT2D eigenvalue weighted by Crippen LogP contribution is 2.21. The zero-order chi connectivity index (χ0) is 14.4. The largest absolute Gasteiger partial charge is 0.378 e. The SMILES string of the molecule is CCNCc1cc(C)nc(N2CCC(OCC)CC2)c1. The average Bonchev–Trinajstić information content (AvgIpc) is 2.46. The van der Waals surface area contributed by atoms with Crippen molar-refractivity contribution in [3.05, 3.63) is 23.4 Å². The summed E-state index contributed by atoms with van der Waals surface area (Å²) in [5, 5.41) is 3.38. The minimum absolute atomic E-state index is 0.433. The smallest absolute Gasteiger partial charge is 0.129 e. The number of aryl methyl sites for hydroxylation is 1. The van der Waals surface area contributed by atoms with Crippen LogP contribution in [0.4, 0.5) is 5.82 Å². The van der Waals surface area contributed by atoms with Gasteiger partial charge in [-0.15, -0.1) is 0 Å². The predicted molar refractivity (Wildman–Crippen MR) is 83.2 cm³/mol. The molecule has 112 valence electrons. The molecule has 2 heterocycles. The second kappa shape index (κ2) is 7.60. The molecule has 1 aromatic rings. The molecule has 0 aliphatic carbocycles. The van der Waals surface area contributed by atoms with Crippen molar-refractivity contribution in [1.29, 1.82) is 0 Å². The highest BCUT2D eigenvalue weighted by molar-refractivity contribution is 5.43. The number of nitrogens with one attached hydrogen (secondary N) is 1. The van der Waals surface area contributed by atoms with Gasteiger partial charge in [0.15, 0.2) is 0 Å². The van der Waals surface area contributed by atoms with Crippen LogP contribution in [0.15, 0.2) is 12.1 Å². The van der Waals surface area contributed by atoms with Gasteiger partial charge in [-0.1, -0.05) is 6.92 Å². The van der Waals surface area contributed by atoms with E-state index in [9.17, 15) is 0 Å². The van der Waals surface area contributed by atoms with E-state index in [1.807, 2.05) is 0 Å². The van der Waals surface area contributed by atoms with E-state index in [1.165, 1.54) is 5.56 Å². The van der Waals surface area contributed by atoms with Crippen molar-refractivity contribution in [2.75, 3.05) is 31.1 Å². The lowest BCUT2D eigenvalue weighted by atomic mass is 10.1. The summed E-state index contributed by atoms with van der Waals surface area (Å²) in [4.78, 5) is 7.08. The Kier molecular flexibility index (Phi) is 5.80. The molecule has 20 heavy (non-hydrogen) atoms. The molecule has 2 rings (SSSR count). The lowest BCUT2D eigenvalue weighted by Gasteiger charge is -2.33. The quantitative estimate of drug-likeness (QED) is 0.867. The number of aromatic nitrogens is 1. The molecule has 0 unspecified atom stereocenters. The lowest BCUT2D eigenvalue weighted by Crippen LogP contribution is -2.37. The zero-order valence-electron chi connectivity index (χ0n) is 13.0. The molecule has 0 amide bonds. The molecule has 0 atom stereocenters. The predicted octanol–water partition coefficient (Wildman–Crippen LogP) is 2.50. The van der Waals surface area contributed by atoms with Crippen LogP contribution >= 0.6 is 0 Å². The Hall–Kier alpha value is -1.13. The molecular weight excluding hydrogens is 250 g/mol. The van der Waals surface area contributed by atoms with E-state index < -0.39 is 0 Å². The molecule has 0 saturated carbocycles. The molecule has 1 aliphatic rings. The first-order chi connectivity index (χ1) is 9.72. The van der Waals surface area contributed by atoms with E-state index in [1.54, 1.807) is 0 Å². The van der Waals surface area contributed by atoms with Crippen molar-refractivity contribution < 1.29 is 4.74 Å². The normalized spacial score (nSPS) is 16.6. The molecule has 1 aliphatic heterocycles. The van der Waals surface area contributed by atoms with E-state index in [-0.39, 0.29) is 0 Å². The maximum atomic E-state index is 5.71. The fraction of sp³-hybridized carbons (Fsp3) is 0.688. The minimum Gasteiger partial charge on any atom is -0.378 e. The van der Waals surface area contributed by atoms with Crippen molar-refractivity contribution in [2.45, 2.75) is 46.3 Å². The zero-order valence-corrected chi connectivity index (χ0v) is 13.0. The van der Waals surface area contributed by atoms with Crippen LogP contribution in [0, 0.1) is 6.92 Å². The summed E-state index contributed by atoms with van der Waals surface area (Å²) in [7, 11) is 0. The molecule has 1 saturated heterocycles. The van der Waals surface area contributed by atoms with Crippen LogP contribution < -0.4 is 10.2 Å². The van der Waals surface area contributed by atoms with Gasteiger partial charge in [0.1, 0.15) is 5.82 Å². The summed E-state index contributed by atoms with van der Waals surface area (Å²) in [5.74, 6) is 1.12. The van der Waals surface area contributed by atoms with Gasteiger partial charge in [0.05, 0.1) is 6.10 Å². The van der Waals surface area contributed by atoms with Gasteiger partial charge < -0.3 is 15.0 Å². The van der Waals surface area contributed by atoms with Crippen LogP contribution in [0.3, 0.4) is 0 Å². The summed E-state index contributed by atoms with van der Waals surface area (Å²) >= 11 is 0. The van der Waals surface area contributed by atoms with Gasteiger partial charge >= 0.3 is 0 Å². The van der Waals surface area contributed by atoms with Crippen molar-refractivity contribution in [3.63, 3.8) is 0 Å². The highest BCUT2D eigenvalue weighted by atomic mass is 16.5. The van der Waals surface area contributed by atoms with Crippen LogP contribution in [0.5, 0.6) is 0 Å². The van der Waals surface area contributed by atoms with Gasteiger partial charge in [0, 0.05) is 31.9 Å².